The monoisotopic (exact) mass is 297 g/mol. The van der Waals surface area contributed by atoms with Gasteiger partial charge in [-0.05, 0) is 65.4 Å². The Morgan fingerprint density at radius 1 is 0.870 bits per heavy atom. The molecule has 0 amide bonds. The van der Waals surface area contributed by atoms with E-state index in [-0.39, 0.29) is 0 Å². The normalized spacial score (nSPS) is 12.4. The molecule has 2 nitrogen and oxygen atoms in total. The maximum absolute atomic E-state index is 5.95. The molecule has 0 unspecified atom stereocenters. The average molecular weight is 297 g/mol. The second-order valence-electron chi connectivity index (χ2n) is 6.20. The van der Waals surface area contributed by atoms with Crippen molar-refractivity contribution in [1.29, 1.82) is 0 Å². The quantitative estimate of drug-likeness (QED) is 0.415. The zero-order valence-electron chi connectivity index (χ0n) is 12.8. The molecule has 0 aliphatic heterocycles. The van der Waals surface area contributed by atoms with Crippen molar-refractivity contribution < 1.29 is 4.42 Å². The third kappa shape index (κ3) is 1.92. The van der Waals surface area contributed by atoms with Crippen molar-refractivity contribution in [2.75, 3.05) is 0 Å². The molecule has 0 fully saturated rings. The van der Waals surface area contributed by atoms with Crippen molar-refractivity contribution in [3.8, 4) is 22.6 Å². The van der Waals surface area contributed by atoms with Gasteiger partial charge < -0.3 is 4.42 Å². The molecule has 0 saturated carbocycles. The Balaban J connectivity index is 1.67. The molecule has 1 aliphatic carbocycles. The predicted octanol–water partition coefficient (Wildman–Crippen LogP) is 5.37. The van der Waals surface area contributed by atoms with E-state index < -0.39 is 0 Å². The molecule has 0 bridgehead atoms. The fraction of sp³-hybridized carbons (Fsp3) is 0.0952. The van der Waals surface area contributed by atoms with Crippen LogP contribution in [0.5, 0.6) is 0 Å². The SMILES string of the molecule is Cc1ccc2oc(-c3ccc4c(c3)-c3ccccc3C4)nc2c1. The molecule has 1 aliphatic rings. The summed E-state index contributed by atoms with van der Waals surface area (Å²) in [6.45, 7) is 2.07. The fourth-order valence-corrected chi connectivity index (χ4v) is 3.42. The summed E-state index contributed by atoms with van der Waals surface area (Å²) in [4.78, 5) is 4.66. The highest BCUT2D eigenvalue weighted by Gasteiger charge is 2.19. The number of benzene rings is 3. The minimum atomic E-state index is 0.692. The van der Waals surface area contributed by atoms with Gasteiger partial charge in [0.1, 0.15) is 5.52 Å². The maximum Gasteiger partial charge on any atom is 0.227 e. The highest BCUT2D eigenvalue weighted by molar-refractivity contribution is 5.82. The van der Waals surface area contributed by atoms with Crippen LogP contribution in [-0.4, -0.2) is 4.98 Å². The Labute approximate surface area is 134 Å². The van der Waals surface area contributed by atoms with Crippen molar-refractivity contribution in [1.82, 2.24) is 4.98 Å². The number of nitrogens with zero attached hydrogens (tertiary/aromatic N) is 1. The van der Waals surface area contributed by atoms with E-state index in [9.17, 15) is 0 Å². The number of aromatic nitrogens is 1. The first-order valence-electron chi connectivity index (χ1n) is 7.87. The van der Waals surface area contributed by atoms with Crippen LogP contribution in [0.4, 0.5) is 0 Å². The summed E-state index contributed by atoms with van der Waals surface area (Å²) in [6.07, 6.45) is 1.01. The lowest BCUT2D eigenvalue weighted by Gasteiger charge is -2.02. The topological polar surface area (TPSA) is 26.0 Å². The first-order valence-corrected chi connectivity index (χ1v) is 7.87. The number of oxazole rings is 1. The van der Waals surface area contributed by atoms with Crippen molar-refractivity contribution in [2.45, 2.75) is 13.3 Å². The smallest absolute Gasteiger partial charge is 0.227 e. The van der Waals surface area contributed by atoms with Crippen LogP contribution in [0.3, 0.4) is 0 Å². The average Bonchev–Trinajstić information content (AvgIpc) is 3.14. The van der Waals surface area contributed by atoms with Gasteiger partial charge in [-0.3, -0.25) is 0 Å². The van der Waals surface area contributed by atoms with Crippen LogP contribution in [0.1, 0.15) is 16.7 Å². The van der Waals surface area contributed by atoms with E-state index in [0.29, 0.717) is 5.89 Å². The zero-order chi connectivity index (χ0) is 15.4. The molecule has 0 spiro atoms. The van der Waals surface area contributed by atoms with Crippen molar-refractivity contribution in [2.24, 2.45) is 0 Å². The molecule has 2 heteroatoms. The summed E-state index contributed by atoms with van der Waals surface area (Å²) in [7, 11) is 0. The third-order valence-electron chi connectivity index (χ3n) is 4.59. The van der Waals surface area contributed by atoms with Gasteiger partial charge in [0.15, 0.2) is 5.58 Å². The summed E-state index contributed by atoms with van der Waals surface area (Å²) in [5.74, 6) is 0.692. The van der Waals surface area contributed by atoms with Crippen LogP contribution in [-0.2, 0) is 6.42 Å². The molecule has 5 rings (SSSR count). The predicted molar refractivity (Wildman–Crippen MR) is 92.4 cm³/mol. The summed E-state index contributed by atoms with van der Waals surface area (Å²) in [6, 6.07) is 21.2. The highest BCUT2D eigenvalue weighted by Crippen LogP contribution is 2.38. The Hall–Kier alpha value is -2.87. The molecule has 4 aromatic rings. The standard InChI is InChI=1S/C21H15NO/c1-13-6-9-20-19(10-13)22-21(23-20)16-8-7-15-11-14-4-2-3-5-17(14)18(15)12-16/h2-10,12H,11H2,1H3. The van der Waals surface area contributed by atoms with Gasteiger partial charge in [0.2, 0.25) is 5.89 Å². The van der Waals surface area contributed by atoms with Crippen LogP contribution in [0.2, 0.25) is 0 Å². The Morgan fingerprint density at radius 2 is 1.74 bits per heavy atom. The Kier molecular flexibility index (Phi) is 2.51. The molecule has 0 atom stereocenters. The van der Waals surface area contributed by atoms with Gasteiger partial charge in [0, 0.05) is 5.56 Å². The van der Waals surface area contributed by atoms with E-state index >= 15 is 0 Å². The lowest BCUT2D eigenvalue weighted by Crippen LogP contribution is -1.83. The van der Waals surface area contributed by atoms with E-state index in [4.69, 9.17) is 4.42 Å². The number of aryl methyl sites for hydroxylation is 1. The van der Waals surface area contributed by atoms with Crippen molar-refractivity contribution in [3.05, 3.63) is 77.4 Å². The summed E-state index contributed by atoms with van der Waals surface area (Å²) in [5.41, 5.74) is 9.39. The van der Waals surface area contributed by atoms with Gasteiger partial charge in [-0.2, -0.15) is 0 Å². The molecule has 3 aromatic carbocycles. The fourth-order valence-electron chi connectivity index (χ4n) is 3.42. The molecule has 0 saturated heterocycles. The van der Waals surface area contributed by atoms with Gasteiger partial charge in [-0.15, -0.1) is 0 Å². The Morgan fingerprint density at radius 3 is 2.70 bits per heavy atom. The first kappa shape index (κ1) is 12.7. The Bertz CT molecular complexity index is 1060. The molecule has 0 radical (unpaired) electrons. The van der Waals surface area contributed by atoms with E-state index in [1.165, 1.54) is 27.8 Å². The molecule has 1 aromatic heterocycles. The largest absolute Gasteiger partial charge is 0.436 e. The lowest BCUT2D eigenvalue weighted by molar-refractivity contribution is 0.620. The molecular weight excluding hydrogens is 282 g/mol. The van der Waals surface area contributed by atoms with E-state index in [0.717, 1.165) is 23.1 Å². The van der Waals surface area contributed by atoms with Crippen LogP contribution in [0, 0.1) is 6.92 Å². The number of fused-ring (bicyclic) bond motifs is 4. The number of hydrogen-bond donors (Lipinski definition) is 0. The zero-order valence-corrected chi connectivity index (χ0v) is 12.8. The van der Waals surface area contributed by atoms with Crippen LogP contribution in [0.25, 0.3) is 33.7 Å². The summed E-state index contributed by atoms with van der Waals surface area (Å²) >= 11 is 0. The molecule has 110 valence electrons. The van der Waals surface area contributed by atoms with Gasteiger partial charge in [-0.1, -0.05) is 36.4 Å². The van der Waals surface area contributed by atoms with Crippen molar-refractivity contribution in [3.63, 3.8) is 0 Å². The third-order valence-corrected chi connectivity index (χ3v) is 4.59. The number of hydrogen-bond acceptors (Lipinski definition) is 2. The summed E-state index contributed by atoms with van der Waals surface area (Å²) < 4.78 is 5.95. The van der Waals surface area contributed by atoms with Crippen LogP contribution >= 0.6 is 0 Å². The van der Waals surface area contributed by atoms with E-state index in [1.54, 1.807) is 0 Å². The van der Waals surface area contributed by atoms with Gasteiger partial charge >= 0.3 is 0 Å². The minimum absolute atomic E-state index is 0.692. The van der Waals surface area contributed by atoms with Gasteiger partial charge in [0.25, 0.3) is 0 Å². The molecule has 0 N–H and O–H groups in total. The van der Waals surface area contributed by atoms with Crippen LogP contribution < -0.4 is 0 Å². The first-order chi connectivity index (χ1) is 11.3. The van der Waals surface area contributed by atoms with Gasteiger partial charge in [-0.25, -0.2) is 4.98 Å². The second kappa shape index (κ2) is 4.56. The van der Waals surface area contributed by atoms with Crippen LogP contribution in [0.15, 0.2) is 65.1 Å². The minimum Gasteiger partial charge on any atom is -0.436 e. The molecular formula is C21H15NO. The lowest BCUT2D eigenvalue weighted by atomic mass is 10.0. The van der Waals surface area contributed by atoms with Gasteiger partial charge in [0.05, 0.1) is 0 Å². The molecule has 23 heavy (non-hydrogen) atoms. The number of rotatable bonds is 1. The maximum atomic E-state index is 5.95. The highest BCUT2D eigenvalue weighted by atomic mass is 16.3. The second-order valence-corrected chi connectivity index (χ2v) is 6.20. The summed E-state index contributed by atoms with van der Waals surface area (Å²) in [5, 5.41) is 0. The van der Waals surface area contributed by atoms with Crippen molar-refractivity contribution >= 4 is 11.1 Å². The van der Waals surface area contributed by atoms with E-state index in [1.807, 2.05) is 6.07 Å². The van der Waals surface area contributed by atoms with E-state index in [2.05, 4.69) is 66.5 Å². The molecule has 1 heterocycles.